The van der Waals surface area contributed by atoms with Gasteiger partial charge in [0.2, 0.25) is 0 Å². The molecule has 0 saturated carbocycles. The van der Waals surface area contributed by atoms with E-state index in [-0.39, 0.29) is 0 Å². The molecule has 112 valence electrons. The van der Waals surface area contributed by atoms with E-state index in [1.807, 2.05) is 43.7 Å². The second-order valence-electron chi connectivity index (χ2n) is 5.06. The van der Waals surface area contributed by atoms with E-state index in [1.165, 1.54) is 4.88 Å². The van der Waals surface area contributed by atoms with Crippen molar-refractivity contribution >= 4 is 28.5 Å². The van der Waals surface area contributed by atoms with Gasteiger partial charge in [-0.1, -0.05) is 36.5 Å². The lowest BCUT2D eigenvalue weighted by Gasteiger charge is -2.20. The van der Waals surface area contributed by atoms with Crippen LogP contribution in [-0.2, 0) is 6.54 Å². The predicted octanol–water partition coefficient (Wildman–Crippen LogP) is 2.25. The number of thiocarbonyl (C=S) groups is 1. The van der Waals surface area contributed by atoms with Crippen molar-refractivity contribution in [1.82, 2.24) is 9.88 Å². The van der Waals surface area contributed by atoms with Crippen LogP contribution in [-0.4, -0.2) is 33.6 Å². The van der Waals surface area contributed by atoms with Crippen LogP contribution >= 0.6 is 23.6 Å². The third kappa shape index (κ3) is 4.31. The highest BCUT2D eigenvalue weighted by atomic mass is 32.1. The van der Waals surface area contributed by atoms with Gasteiger partial charge in [0, 0.05) is 23.5 Å². The van der Waals surface area contributed by atoms with E-state index >= 15 is 0 Å². The molecule has 1 heterocycles. The van der Waals surface area contributed by atoms with Crippen molar-refractivity contribution in [3.05, 3.63) is 51.5 Å². The lowest BCUT2D eigenvalue weighted by Crippen LogP contribution is -2.24. The normalized spacial score (nSPS) is 12.6. The fourth-order valence-corrected chi connectivity index (χ4v) is 3.05. The molecule has 21 heavy (non-hydrogen) atoms. The van der Waals surface area contributed by atoms with Crippen LogP contribution in [0.15, 0.2) is 29.8 Å². The largest absolute Gasteiger partial charge is 0.389 e. The molecule has 0 radical (unpaired) electrons. The molecule has 0 aliphatic heterocycles. The molecule has 0 aliphatic carbocycles. The van der Waals surface area contributed by atoms with Crippen LogP contribution in [0.2, 0.25) is 0 Å². The van der Waals surface area contributed by atoms with E-state index in [2.05, 4.69) is 9.88 Å². The minimum absolute atomic E-state index is 0.369. The highest BCUT2D eigenvalue weighted by Crippen LogP contribution is 2.18. The standard InChI is InChI=1S/C15H19N3OS2/c1-10-14(21-9-17-10)8-18(2)7-13(19)11-3-5-12(6-4-11)15(16)20/h3-6,9,13,19H,7-8H2,1-2H3,(H2,16,20). The zero-order chi connectivity index (χ0) is 15.4. The van der Waals surface area contributed by atoms with Crippen LogP contribution in [0.3, 0.4) is 0 Å². The molecule has 6 heteroatoms. The van der Waals surface area contributed by atoms with Gasteiger partial charge in [-0.15, -0.1) is 11.3 Å². The molecule has 1 unspecified atom stereocenters. The van der Waals surface area contributed by atoms with Crippen molar-refractivity contribution in [2.75, 3.05) is 13.6 Å². The highest BCUT2D eigenvalue weighted by molar-refractivity contribution is 7.80. The number of aryl methyl sites for hydroxylation is 1. The molecular weight excluding hydrogens is 302 g/mol. The number of hydrogen-bond donors (Lipinski definition) is 2. The van der Waals surface area contributed by atoms with Gasteiger partial charge in [-0.2, -0.15) is 0 Å². The van der Waals surface area contributed by atoms with Crippen LogP contribution in [0.25, 0.3) is 0 Å². The number of nitrogens with zero attached hydrogens (tertiary/aromatic N) is 2. The van der Waals surface area contributed by atoms with Crippen molar-refractivity contribution in [3.8, 4) is 0 Å². The molecule has 0 fully saturated rings. The Morgan fingerprint density at radius 1 is 1.43 bits per heavy atom. The molecule has 1 atom stereocenters. The third-order valence-electron chi connectivity index (χ3n) is 3.32. The van der Waals surface area contributed by atoms with Crippen LogP contribution in [0.5, 0.6) is 0 Å². The van der Waals surface area contributed by atoms with Crippen molar-refractivity contribution in [1.29, 1.82) is 0 Å². The van der Waals surface area contributed by atoms with E-state index in [4.69, 9.17) is 18.0 Å². The Balaban J connectivity index is 1.95. The summed E-state index contributed by atoms with van der Waals surface area (Å²) in [4.78, 5) is 7.93. The first kappa shape index (κ1) is 16.0. The Bertz CT molecular complexity index is 610. The second kappa shape index (κ2) is 7.09. The van der Waals surface area contributed by atoms with Gasteiger partial charge < -0.3 is 10.8 Å². The quantitative estimate of drug-likeness (QED) is 0.799. The number of aliphatic hydroxyl groups is 1. The first-order chi connectivity index (χ1) is 9.97. The first-order valence-corrected chi connectivity index (χ1v) is 7.91. The maximum Gasteiger partial charge on any atom is 0.103 e. The number of nitrogens with two attached hydrogens (primary N) is 1. The van der Waals surface area contributed by atoms with E-state index in [0.717, 1.165) is 23.4 Å². The van der Waals surface area contributed by atoms with Gasteiger partial charge in [-0.05, 0) is 19.5 Å². The second-order valence-corrected chi connectivity index (χ2v) is 6.44. The molecular formula is C15H19N3OS2. The van der Waals surface area contributed by atoms with Crippen molar-refractivity contribution in [2.24, 2.45) is 5.73 Å². The van der Waals surface area contributed by atoms with Gasteiger partial charge in [0.1, 0.15) is 4.99 Å². The Kier molecular flexibility index (Phi) is 5.41. The maximum absolute atomic E-state index is 10.3. The van der Waals surface area contributed by atoms with Gasteiger partial charge in [0.05, 0.1) is 17.3 Å². The Labute approximate surface area is 134 Å². The van der Waals surface area contributed by atoms with Gasteiger partial charge >= 0.3 is 0 Å². The summed E-state index contributed by atoms with van der Waals surface area (Å²) in [5.74, 6) is 0. The van der Waals surface area contributed by atoms with Gasteiger partial charge in [-0.25, -0.2) is 4.98 Å². The summed E-state index contributed by atoms with van der Waals surface area (Å²) in [5.41, 5.74) is 10.2. The molecule has 0 amide bonds. The topological polar surface area (TPSA) is 62.4 Å². The van der Waals surface area contributed by atoms with Crippen molar-refractivity contribution in [3.63, 3.8) is 0 Å². The van der Waals surface area contributed by atoms with E-state index in [0.29, 0.717) is 11.5 Å². The van der Waals surface area contributed by atoms with E-state index in [1.54, 1.807) is 11.3 Å². The molecule has 0 bridgehead atoms. The number of aliphatic hydroxyl groups excluding tert-OH is 1. The first-order valence-electron chi connectivity index (χ1n) is 6.62. The Hall–Kier alpha value is -1.34. The van der Waals surface area contributed by atoms with Crippen LogP contribution in [0.4, 0.5) is 0 Å². The highest BCUT2D eigenvalue weighted by Gasteiger charge is 2.13. The number of rotatable bonds is 6. The Morgan fingerprint density at radius 2 is 2.10 bits per heavy atom. The fourth-order valence-electron chi connectivity index (χ4n) is 2.06. The number of aromatic nitrogens is 1. The molecule has 2 rings (SSSR count). The minimum Gasteiger partial charge on any atom is -0.389 e. The third-order valence-corrected chi connectivity index (χ3v) is 4.48. The summed E-state index contributed by atoms with van der Waals surface area (Å²) in [7, 11) is 1.99. The summed E-state index contributed by atoms with van der Waals surface area (Å²) in [5, 5.41) is 10.3. The smallest absolute Gasteiger partial charge is 0.103 e. The van der Waals surface area contributed by atoms with Gasteiger partial charge in [-0.3, -0.25) is 4.90 Å². The zero-order valence-electron chi connectivity index (χ0n) is 12.1. The molecule has 0 spiro atoms. The monoisotopic (exact) mass is 321 g/mol. The molecule has 0 saturated heterocycles. The summed E-state index contributed by atoms with van der Waals surface area (Å²) < 4.78 is 0. The molecule has 4 nitrogen and oxygen atoms in total. The number of thiazole rings is 1. The molecule has 0 aliphatic rings. The lowest BCUT2D eigenvalue weighted by atomic mass is 10.1. The fraction of sp³-hybridized carbons (Fsp3) is 0.333. The SMILES string of the molecule is Cc1ncsc1CN(C)CC(O)c1ccc(C(N)=S)cc1. The van der Waals surface area contributed by atoms with Crippen molar-refractivity contribution < 1.29 is 5.11 Å². The molecule has 1 aromatic carbocycles. The van der Waals surface area contributed by atoms with E-state index in [9.17, 15) is 5.11 Å². The minimum atomic E-state index is -0.538. The summed E-state index contributed by atoms with van der Waals surface area (Å²) in [6, 6.07) is 7.42. The maximum atomic E-state index is 10.3. The van der Waals surface area contributed by atoms with Crippen LogP contribution in [0.1, 0.15) is 27.8 Å². The average Bonchev–Trinajstić information content (AvgIpc) is 2.84. The predicted molar refractivity (Wildman–Crippen MR) is 90.5 cm³/mol. The Morgan fingerprint density at radius 3 is 2.62 bits per heavy atom. The molecule has 1 aromatic heterocycles. The average molecular weight is 321 g/mol. The van der Waals surface area contributed by atoms with Crippen molar-refractivity contribution in [2.45, 2.75) is 19.6 Å². The molecule has 3 N–H and O–H groups in total. The van der Waals surface area contributed by atoms with Crippen LogP contribution in [0, 0.1) is 6.92 Å². The van der Waals surface area contributed by atoms with E-state index < -0.39 is 6.10 Å². The summed E-state index contributed by atoms with van der Waals surface area (Å²) in [6.07, 6.45) is -0.538. The zero-order valence-corrected chi connectivity index (χ0v) is 13.7. The van der Waals surface area contributed by atoms with Gasteiger partial charge in [0.25, 0.3) is 0 Å². The van der Waals surface area contributed by atoms with Gasteiger partial charge in [0.15, 0.2) is 0 Å². The lowest BCUT2D eigenvalue weighted by molar-refractivity contribution is 0.124. The number of likely N-dealkylation sites (N-methyl/N-ethyl adjacent to an activating group) is 1. The van der Waals surface area contributed by atoms with Crippen LogP contribution < -0.4 is 5.73 Å². The summed E-state index contributed by atoms with van der Waals surface area (Å²) in [6.45, 7) is 3.35. The molecule has 2 aromatic rings. The summed E-state index contributed by atoms with van der Waals surface area (Å²) >= 11 is 6.56. The number of benzene rings is 1. The number of hydrogen-bond acceptors (Lipinski definition) is 5.